The SMILES string of the molecule is CC(C)(OCCN1C(=O)C=CC1=O)OCCN1C(=O)C=CC1=O.CCCOCC. The molecule has 0 saturated carbocycles. The summed E-state index contributed by atoms with van der Waals surface area (Å²) in [5.74, 6) is -2.43. The zero-order chi connectivity index (χ0) is 21.9. The average Bonchev–Trinajstić information content (AvgIpc) is 3.16. The van der Waals surface area contributed by atoms with E-state index in [0.717, 1.165) is 29.4 Å². The highest BCUT2D eigenvalue weighted by Gasteiger charge is 2.27. The fourth-order valence-corrected chi connectivity index (χ4v) is 2.40. The topological polar surface area (TPSA) is 102 Å². The number of amides is 4. The van der Waals surface area contributed by atoms with E-state index in [1.54, 1.807) is 13.8 Å². The number of rotatable bonds is 11. The van der Waals surface area contributed by atoms with Crippen molar-refractivity contribution < 1.29 is 33.4 Å². The van der Waals surface area contributed by atoms with Crippen molar-refractivity contribution in [3.8, 4) is 0 Å². The van der Waals surface area contributed by atoms with Gasteiger partial charge in [-0.2, -0.15) is 0 Å². The quantitative estimate of drug-likeness (QED) is 0.285. The lowest BCUT2D eigenvalue weighted by Crippen LogP contribution is -2.39. The summed E-state index contributed by atoms with van der Waals surface area (Å²) in [6.07, 6.45) is 5.97. The van der Waals surface area contributed by atoms with E-state index in [9.17, 15) is 19.2 Å². The van der Waals surface area contributed by atoms with Crippen molar-refractivity contribution in [1.82, 2.24) is 9.80 Å². The van der Waals surface area contributed by atoms with Crippen LogP contribution in [-0.2, 0) is 33.4 Å². The summed E-state index contributed by atoms with van der Waals surface area (Å²) in [7, 11) is 0. The van der Waals surface area contributed by atoms with Gasteiger partial charge in [0, 0.05) is 37.5 Å². The molecule has 0 fully saturated rings. The second-order valence-electron chi connectivity index (χ2n) is 6.62. The molecule has 0 aromatic heterocycles. The largest absolute Gasteiger partial charge is 0.382 e. The molecular weight excluding hydrogens is 380 g/mol. The minimum Gasteiger partial charge on any atom is -0.382 e. The zero-order valence-electron chi connectivity index (χ0n) is 17.5. The van der Waals surface area contributed by atoms with Crippen molar-refractivity contribution in [1.29, 1.82) is 0 Å². The Hall–Kier alpha value is -2.36. The highest BCUT2D eigenvalue weighted by atomic mass is 16.7. The number of ether oxygens (including phenoxy) is 3. The molecule has 2 heterocycles. The Kier molecular flexibility index (Phi) is 10.4. The molecule has 2 aliphatic rings. The van der Waals surface area contributed by atoms with E-state index in [1.807, 2.05) is 6.92 Å². The van der Waals surface area contributed by atoms with Crippen LogP contribution < -0.4 is 0 Å². The summed E-state index contributed by atoms with van der Waals surface area (Å²) < 4.78 is 16.0. The maximum Gasteiger partial charge on any atom is 0.253 e. The van der Waals surface area contributed by atoms with Crippen LogP contribution in [0, 0.1) is 0 Å². The van der Waals surface area contributed by atoms with Crippen molar-refractivity contribution in [3.63, 3.8) is 0 Å². The Morgan fingerprint density at radius 3 is 1.38 bits per heavy atom. The summed E-state index contributed by atoms with van der Waals surface area (Å²) in [5.41, 5.74) is 0. The van der Waals surface area contributed by atoms with Gasteiger partial charge in [-0.3, -0.25) is 29.0 Å². The monoisotopic (exact) mass is 410 g/mol. The molecule has 0 radical (unpaired) electrons. The van der Waals surface area contributed by atoms with Crippen molar-refractivity contribution >= 4 is 23.6 Å². The van der Waals surface area contributed by atoms with Crippen LogP contribution in [0.5, 0.6) is 0 Å². The third-order valence-corrected chi connectivity index (χ3v) is 3.88. The molecule has 9 heteroatoms. The first-order valence-electron chi connectivity index (χ1n) is 9.64. The van der Waals surface area contributed by atoms with Crippen LogP contribution in [-0.4, -0.2) is 78.7 Å². The number of hydrogen-bond donors (Lipinski definition) is 0. The molecule has 0 atom stereocenters. The van der Waals surface area contributed by atoms with Gasteiger partial charge in [0.15, 0.2) is 5.79 Å². The Morgan fingerprint density at radius 1 is 0.724 bits per heavy atom. The fraction of sp³-hybridized carbons (Fsp3) is 0.600. The molecule has 2 aliphatic heterocycles. The third-order valence-electron chi connectivity index (χ3n) is 3.88. The van der Waals surface area contributed by atoms with Gasteiger partial charge in [0.05, 0.1) is 26.3 Å². The van der Waals surface area contributed by atoms with Gasteiger partial charge in [-0.05, 0) is 27.2 Å². The van der Waals surface area contributed by atoms with Gasteiger partial charge in [-0.1, -0.05) is 6.92 Å². The predicted molar refractivity (Wildman–Crippen MR) is 104 cm³/mol. The van der Waals surface area contributed by atoms with Crippen LogP contribution >= 0.6 is 0 Å². The molecule has 0 aliphatic carbocycles. The normalized spacial score (nSPS) is 16.1. The molecule has 0 aromatic carbocycles. The lowest BCUT2D eigenvalue weighted by molar-refractivity contribution is -0.216. The molecule has 0 N–H and O–H groups in total. The number of imide groups is 2. The summed E-state index contributed by atoms with van der Waals surface area (Å²) >= 11 is 0. The van der Waals surface area contributed by atoms with Crippen LogP contribution in [0.4, 0.5) is 0 Å². The van der Waals surface area contributed by atoms with E-state index in [0.29, 0.717) is 0 Å². The van der Waals surface area contributed by atoms with Crippen molar-refractivity contribution in [2.24, 2.45) is 0 Å². The molecule has 4 amide bonds. The number of hydrogen-bond acceptors (Lipinski definition) is 7. The van der Waals surface area contributed by atoms with Crippen LogP contribution in [0.2, 0.25) is 0 Å². The van der Waals surface area contributed by atoms with Crippen molar-refractivity contribution in [2.45, 2.75) is 39.9 Å². The highest BCUT2D eigenvalue weighted by Crippen LogP contribution is 2.13. The molecule has 9 nitrogen and oxygen atoms in total. The van der Waals surface area contributed by atoms with Gasteiger partial charge >= 0.3 is 0 Å². The van der Waals surface area contributed by atoms with E-state index >= 15 is 0 Å². The fourth-order valence-electron chi connectivity index (χ4n) is 2.40. The minimum atomic E-state index is -0.974. The van der Waals surface area contributed by atoms with Crippen LogP contribution in [0.15, 0.2) is 24.3 Å². The Labute approximate surface area is 171 Å². The first-order chi connectivity index (χ1) is 13.7. The van der Waals surface area contributed by atoms with E-state index in [1.165, 1.54) is 24.3 Å². The zero-order valence-corrected chi connectivity index (χ0v) is 17.5. The maximum absolute atomic E-state index is 11.4. The van der Waals surface area contributed by atoms with Crippen molar-refractivity contribution in [3.05, 3.63) is 24.3 Å². The highest BCUT2D eigenvalue weighted by molar-refractivity contribution is 6.13. The molecular formula is C20H30N2O7. The molecule has 162 valence electrons. The van der Waals surface area contributed by atoms with Crippen LogP contribution in [0.25, 0.3) is 0 Å². The van der Waals surface area contributed by atoms with Gasteiger partial charge in [0.2, 0.25) is 0 Å². The first kappa shape index (κ1) is 24.7. The molecule has 29 heavy (non-hydrogen) atoms. The standard InChI is InChI=1S/C15H18N2O6.C5H12O/c1-15(2,22-9-7-16-11(18)3-4-12(16)19)23-10-8-17-13(20)5-6-14(17)21;1-3-5-6-4-2/h3-6H,7-10H2,1-2H3;3-5H2,1-2H3. The van der Waals surface area contributed by atoms with E-state index in [4.69, 9.17) is 14.2 Å². The smallest absolute Gasteiger partial charge is 0.253 e. The van der Waals surface area contributed by atoms with Gasteiger partial charge in [-0.15, -0.1) is 0 Å². The molecule has 0 bridgehead atoms. The van der Waals surface area contributed by atoms with Gasteiger partial charge in [0.25, 0.3) is 23.6 Å². The Morgan fingerprint density at radius 2 is 1.10 bits per heavy atom. The first-order valence-corrected chi connectivity index (χ1v) is 9.64. The van der Waals surface area contributed by atoms with Crippen LogP contribution in [0.1, 0.15) is 34.1 Å². The number of carbonyl (C=O) groups excluding carboxylic acids is 4. The molecule has 0 unspecified atom stereocenters. The number of carbonyl (C=O) groups is 4. The van der Waals surface area contributed by atoms with Gasteiger partial charge < -0.3 is 14.2 Å². The van der Waals surface area contributed by atoms with Crippen molar-refractivity contribution in [2.75, 3.05) is 39.5 Å². The van der Waals surface area contributed by atoms with E-state index < -0.39 is 5.79 Å². The Balaban J connectivity index is 0.000000612. The minimum absolute atomic E-state index is 0.120. The Bertz CT molecular complexity index is 565. The van der Waals surface area contributed by atoms with Gasteiger partial charge in [-0.25, -0.2) is 0 Å². The summed E-state index contributed by atoms with van der Waals surface area (Å²) in [4.78, 5) is 47.7. The van der Waals surface area contributed by atoms with E-state index in [-0.39, 0.29) is 49.9 Å². The summed E-state index contributed by atoms with van der Waals surface area (Å²) in [6.45, 7) is 9.73. The van der Waals surface area contributed by atoms with Gasteiger partial charge in [0.1, 0.15) is 0 Å². The predicted octanol–water partition coefficient (Wildman–Crippen LogP) is 1.04. The third kappa shape index (κ3) is 8.68. The molecule has 0 saturated heterocycles. The molecule has 0 aromatic rings. The summed E-state index contributed by atoms with van der Waals surface area (Å²) in [5, 5.41) is 0. The summed E-state index contributed by atoms with van der Waals surface area (Å²) in [6, 6.07) is 0. The molecule has 2 rings (SSSR count). The lowest BCUT2D eigenvalue weighted by atomic mass is 10.4. The van der Waals surface area contributed by atoms with E-state index in [2.05, 4.69) is 6.92 Å². The number of nitrogens with zero attached hydrogens (tertiary/aromatic N) is 2. The second-order valence-corrected chi connectivity index (χ2v) is 6.62. The lowest BCUT2D eigenvalue weighted by Gasteiger charge is -2.27. The molecule has 0 spiro atoms. The van der Waals surface area contributed by atoms with Crippen LogP contribution in [0.3, 0.4) is 0 Å². The maximum atomic E-state index is 11.4. The average molecular weight is 410 g/mol. The second kappa shape index (κ2) is 12.3.